The van der Waals surface area contributed by atoms with E-state index in [4.69, 9.17) is 0 Å². The molecule has 20 heavy (non-hydrogen) atoms. The van der Waals surface area contributed by atoms with Crippen LogP contribution < -0.4 is 0 Å². The van der Waals surface area contributed by atoms with Gasteiger partial charge in [-0.25, -0.2) is 17.6 Å². The Hall–Kier alpha value is 0.0300. The van der Waals surface area contributed by atoms with E-state index in [1.54, 1.807) is 0 Å². The summed E-state index contributed by atoms with van der Waals surface area (Å²) in [5.74, 6) is 0. The lowest BCUT2D eigenvalue weighted by molar-refractivity contribution is -0.245. The minimum atomic E-state index is -5.65. The summed E-state index contributed by atoms with van der Waals surface area (Å²) in [5.41, 5.74) is -8.77. The molecule has 0 bridgehead atoms. The Morgan fingerprint density at radius 3 is 1.05 bits per heavy atom. The van der Waals surface area contributed by atoms with E-state index in [1.807, 2.05) is 0 Å². The van der Waals surface area contributed by atoms with Crippen molar-refractivity contribution >= 4 is 22.6 Å². The third-order valence-corrected chi connectivity index (χ3v) is 3.41. The highest BCUT2D eigenvalue weighted by atomic mass is 127. The van der Waals surface area contributed by atoms with Crippen molar-refractivity contribution in [2.45, 2.75) is 40.5 Å². The average molecular weight is 434 g/mol. The maximum absolute atomic E-state index is 13.3. The van der Waals surface area contributed by atoms with Gasteiger partial charge in [-0.15, -0.1) is 0 Å². The van der Waals surface area contributed by atoms with Crippen LogP contribution in [0.25, 0.3) is 0 Å². The molecule has 2 unspecified atom stereocenters. The summed E-state index contributed by atoms with van der Waals surface area (Å²) >= 11 is 0.905. The van der Waals surface area contributed by atoms with Crippen molar-refractivity contribution in [1.82, 2.24) is 0 Å². The van der Waals surface area contributed by atoms with Gasteiger partial charge in [-0.3, -0.25) is 0 Å². The molecule has 0 aromatic carbocycles. The van der Waals surface area contributed by atoms with Gasteiger partial charge < -0.3 is 0 Å². The minimum absolute atomic E-state index is 0.905. The summed E-state index contributed by atoms with van der Waals surface area (Å²) in [6.07, 6.45) is -14.8. The second-order valence-corrected chi connectivity index (χ2v) is 5.96. The number of alkyl halides is 11. The first kappa shape index (κ1) is 20.0. The molecule has 0 nitrogen and oxygen atoms in total. The molecule has 0 radical (unpaired) electrons. The van der Waals surface area contributed by atoms with Crippen LogP contribution in [0.5, 0.6) is 0 Å². The van der Waals surface area contributed by atoms with Gasteiger partial charge in [0.2, 0.25) is 11.3 Å². The van der Waals surface area contributed by atoms with Crippen molar-refractivity contribution in [2.75, 3.05) is 13.3 Å². The van der Waals surface area contributed by atoms with Crippen molar-refractivity contribution in [3.05, 3.63) is 0 Å². The molecule has 0 aliphatic rings. The zero-order chi connectivity index (χ0) is 16.4. The highest BCUT2D eigenvalue weighted by Crippen LogP contribution is 2.44. The van der Waals surface area contributed by atoms with E-state index in [0.29, 0.717) is 0 Å². The molecule has 122 valence electrons. The smallest absolute Gasteiger partial charge is 0.247 e. The molecule has 0 aromatic rings. The molecule has 0 amide bonds. The lowest BCUT2D eigenvalue weighted by Crippen LogP contribution is -2.48. The molecule has 0 fully saturated rings. The molecular formula is C9H9F10I. The van der Waals surface area contributed by atoms with Crippen molar-refractivity contribution < 1.29 is 43.9 Å². The predicted octanol–water partition coefficient (Wildman–Crippen LogP) is 5.05. The Labute approximate surface area is 121 Å². The maximum Gasteiger partial charge on any atom is 0.425 e. The van der Waals surface area contributed by atoms with Crippen LogP contribution in [0.3, 0.4) is 0 Å². The molecule has 0 aromatic heterocycles. The van der Waals surface area contributed by atoms with Crippen LogP contribution in [0.1, 0.15) is 12.8 Å². The normalized spacial score (nSPS) is 21.1. The fourth-order valence-electron chi connectivity index (χ4n) is 1.27. The number of hydrogen-bond acceptors (Lipinski definition) is 0. The van der Waals surface area contributed by atoms with Gasteiger partial charge in [-0.2, -0.15) is 26.3 Å². The summed E-state index contributed by atoms with van der Waals surface area (Å²) in [6.45, 7) is -5.03. The van der Waals surface area contributed by atoms with E-state index >= 15 is 0 Å². The average Bonchev–Trinajstić information content (AvgIpc) is 2.25. The number of hydrogen-bond donors (Lipinski definition) is 0. The van der Waals surface area contributed by atoms with Crippen LogP contribution in [0.15, 0.2) is 0 Å². The molecule has 0 aliphatic heterocycles. The lowest BCUT2D eigenvalue weighted by Gasteiger charge is -2.31. The van der Waals surface area contributed by atoms with Crippen LogP contribution in [0, 0.1) is 0 Å². The molecule has 0 saturated heterocycles. The summed E-state index contributed by atoms with van der Waals surface area (Å²) in [7, 11) is 0. The quantitative estimate of drug-likeness (QED) is 0.312. The zero-order valence-corrected chi connectivity index (χ0v) is 11.7. The second-order valence-electron chi connectivity index (χ2n) is 4.20. The Balaban J connectivity index is 4.99. The third-order valence-electron chi connectivity index (χ3n) is 2.53. The second kappa shape index (κ2) is 6.42. The van der Waals surface area contributed by atoms with Gasteiger partial charge in [-0.05, 0) is 0 Å². The molecular weight excluding hydrogens is 425 g/mol. The molecule has 0 heterocycles. The molecule has 0 saturated carbocycles. The van der Waals surface area contributed by atoms with Gasteiger partial charge in [0.1, 0.15) is 13.3 Å². The van der Waals surface area contributed by atoms with Gasteiger partial charge in [-0.1, -0.05) is 22.6 Å². The molecule has 0 aliphatic carbocycles. The van der Waals surface area contributed by atoms with Gasteiger partial charge in [0, 0.05) is 16.8 Å². The SMILES string of the molecule is FCC(F)(CC(I)CC(F)(CF)C(F)(F)F)C(F)(F)F. The highest BCUT2D eigenvalue weighted by molar-refractivity contribution is 14.1. The van der Waals surface area contributed by atoms with E-state index in [9.17, 15) is 43.9 Å². The Kier molecular flexibility index (Phi) is 6.43. The van der Waals surface area contributed by atoms with E-state index in [1.165, 1.54) is 0 Å². The summed E-state index contributed by atoms with van der Waals surface area (Å²) in [5, 5.41) is 0. The zero-order valence-electron chi connectivity index (χ0n) is 9.56. The first-order valence-electron chi connectivity index (χ1n) is 5.00. The largest absolute Gasteiger partial charge is 0.425 e. The number of halogens is 11. The van der Waals surface area contributed by atoms with Crippen molar-refractivity contribution in [1.29, 1.82) is 0 Å². The first-order chi connectivity index (χ1) is 8.72. The Morgan fingerprint density at radius 2 is 0.900 bits per heavy atom. The minimum Gasteiger partial charge on any atom is -0.247 e. The van der Waals surface area contributed by atoms with Crippen LogP contribution in [-0.4, -0.2) is 41.0 Å². The standard InChI is InChI=1S/C9H9F10I/c10-3-6(12,8(14,15)16)1-5(20)2-7(13,4-11)9(17,18)19/h5H,1-4H2. The van der Waals surface area contributed by atoms with E-state index < -0.39 is 53.8 Å². The van der Waals surface area contributed by atoms with Crippen molar-refractivity contribution in [2.24, 2.45) is 0 Å². The summed E-state index contributed by atoms with van der Waals surface area (Å²) in [6, 6.07) is 0. The van der Waals surface area contributed by atoms with Crippen LogP contribution in [-0.2, 0) is 0 Å². The van der Waals surface area contributed by atoms with Gasteiger partial charge in [0.05, 0.1) is 0 Å². The van der Waals surface area contributed by atoms with E-state index in [-0.39, 0.29) is 0 Å². The predicted molar refractivity (Wildman–Crippen MR) is 58.8 cm³/mol. The van der Waals surface area contributed by atoms with E-state index in [0.717, 1.165) is 22.6 Å². The fraction of sp³-hybridized carbons (Fsp3) is 1.00. The Morgan fingerprint density at radius 1 is 0.650 bits per heavy atom. The van der Waals surface area contributed by atoms with Crippen molar-refractivity contribution in [3.63, 3.8) is 0 Å². The monoisotopic (exact) mass is 434 g/mol. The maximum atomic E-state index is 13.3. The first-order valence-corrected chi connectivity index (χ1v) is 6.24. The number of rotatable bonds is 6. The molecule has 2 atom stereocenters. The third kappa shape index (κ3) is 4.52. The molecule has 0 rings (SSSR count). The summed E-state index contributed by atoms with van der Waals surface area (Å²) < 4.78 is 122. The van der Waals surface area contributed by atoms with Crippen LogP contribution in [0.2, 0.25) is 0 Å². The van der Waals surface area contributed by atoms with Crippen LogP contribution in [0.4, 0.5) is 43.9 Å². The molecule has 0 spiro atoms. The molecule has 0 N–H and O–H groups in total. The van der Waals surface area contributed by atoms with Gasteiger partial charge in [0.25, 0.3) is 0 Å². The molecule has 11 heteroatoms. The highest BCUT2D eigenvalue weighted by Gasteiger charge is 2.60. The van der Waals surface area contributed by atoms with E-state index in [2.05, 4.69) is 0 Å². The summed E-state index contributed by atoms with van der Waals surface area (Å²) in [4.78, 5) is 0. The van der Waals surface area contributed by atoms with Gasteiger partial charge >= 0.3 is 12.4 Å². The fourth-order valence-corrected chi connectivity index (χ4v) is 2.66. The Bertz CT molecular complexity index is 283. The van der Waals surface area contributed by atoms with Gasteiger partial charge in [0.15, 0.2) is 0 Å². The van der Waals surface area contributed by atoms with Crippen molar-refractivity contribution in [3.8, 4) is 0 Å². The topological polar surface area (TPSA) is 0 Å². The lowest BCUT2D eigenvalue weighted by atomic mass is 9.93. The van der Waals surface area contributed by atoms with Crippen LogP contribution >= 0.6 is 22.6 Å².